The molecule has 0 aliphatic carbocycles. The fourth-order valence-corrected chi connectivity index (χ4v) is 5.23. The number of fused-ring (bicyclic) bond motifs is 1. The van der Waals surface area contributed by atoms with E-state index in [9.17, 15) is 17.6 Å². The lowest BCUT2D eigenvalue weighted by molar-refractivity contribution is 0.0997. The van der Waals surface area contributed by atoms with Gasteiger partial charge >= 0.3 is 0 Å². The number of amides is 1. The average molecular weight is 448 g/mol. The second-order valence-corrected chi connectivity index (χ2v) is 9.96. The molecule has 0 spiro atoms. The molecule has 0 aliphatic heterocycles. The highest BCUT2D eigenvalue weighted by Crippen LogP contribution is 2.20. The van der Waals surface area contributed by atoms with Gasteiger partial charge in [-0.3, -0.25) is 4.79 Å². The molecule has 0 saturated heterocycles. The Bertz CT molecular complexity index is 1270. The first kappa shape index (κ1) is 22.1. The van der Waals surface area contributed by atoms with Gasteiger partial charge < -0.3 is 4.57 Å². The molecule has 9 heteroatoms. The first-order chi connectivity index (χ1) is 14.1. The zero-order chi connectivity index (χ0) is 22.1. The van der Waals surface area contributed by atoms with E-state index in [0.717, 1.165) is 5.52 Å². The van der Waals surface area contributed by atoms with Crippen LogP contribution in [0.25, 0.3) is 10.2 Å². The van der Waals surface area contributed by atoms with Crippen LogP contribution in [-0.2, 0) is 16.6 Å². The number of hydrogen-bond donors (Lipinski definition) is 0. The maximum Gasteiger partial charge on any atom is 0.279 e. The molecule has 30 heavy (non-hydrogen) atoms. The number of hydrogen-bond acceptors (Lipinski definition) is 4. The highest BCUT2D eigenvalue weighted by Gasteiger charge is 2.23. The molecule has 0 bridgehead atoms. The second-order valence-electron chi connectivity index (χ2n) is 6.95. The summed E-state index contributed by atoms with van der Waals surface area (Å²) in [6.07, 6.45) is 1.67. The van der Waals surface area contributed by atoms with Crippen LogP contribution in [0, 0.1) is 5.82 Å². The lowest BCUT2D eigenvalue weighted by Gasteiger charge is -2.20. The van der Waals surface area contributed by atoms with Crippen molar-refractivity contribution in [3.05, 3.63) is 71.3 Å². The summed E-state index contributed by atoms with van der Waals surface area (Å²) in [6, 6.07) is 9.88. The summed E-state index contributed by atoms with van der Waals surface area (Å²) in [5.74, 6) is -0.878. The number of rotatable bonds is 6. The van der Waals surface area contributed by atoms with Crippen LogP contribution < -0.4 is 4.80 Å². The van der Waals surface area contributed by atoms with Crippen LogP contribution in [0.15, 0.2) is 65.0 Å². The summed E-state index contributed by atoms with van der Waals surface area (Å²) < 4.78 is 42.4. The largest absolute Gasteiger partial charge is 0.312 e. The van der Waals surface area contributed by atoms with E-state index in [1.165, 1.54) is 59.1 Å². The number of carbonyl (C=O) groups is 1. The first-order valence-electron chi connectivity index (χ1n) is 9.22. The average Bonchev–Trinajstić information content (AvgIpc) is 3.03. The van der Waals surface area contributed by atoms with E-state index in [0.29, 0.717) is 16.0 Å². The van der Waals surface area contributed by atoms with Gasteiger partial charge in [-0.15, -0.1) is 6.58 Å². The Hall–Kier alpha value is -2.62. The molecule has 3 rings (SSSR count). The molecular weight excluding hydrogens is 425 g/mol. The van der Waals surface area contributed by atoms with Gasteiger partial charge in [0.15, 0.2) is 4.80 Å². The van der Waals surface area contributed by atoms with E-state index in [1.807, 2.05) is 0 Å². The van der Waals surface area contributed by atoms with Crippen molar-refractivity contribution in [1.82, 2.24) is 8.87 Å². The number of carbonyl (C=O) groups excluding carboxylic acids is 1. The smallest absolute Gasteiger partial charge is 0.279 e. The minimum atomic E-state index is -3.63. The SMILES string of the molecule is C=CCn1c(=NC(=O)c2ccc(S(=O)(=O)N(C)C(C)C)cc2)sc2cc(F)ccc21. The number of halogens is 1. The number of thiazole rings is 1. The van der Waals surface area contributed by atoms with E-state index in [4.69, 9.17) is 0 Å². The minimum absolute atomic E-state index is 0.106. The van der Waals surface area contributed by atoms with Crippen molar-refractivity contribution >= 4 is 37.5 Å². The number of aromatic nitrogens is 1. The van der Waals surface area contributed by atoms with E-state index in [-0.39, 0.29) is 22.3 Å². The number of allylic oxidation sites excluding steroid dienone is 1. The lowest BCUT2D eigenvalue weighted by atomic mass is 10.2. The summed E-state index contributed by atoms with van der Waals surface area (Å²) >= 11 is 1.20. The fourth-order valence-electron chi connectivity index (χ4n) is 2.80. The monoisotopic (exact) mass is 447 g/mol. The summed E-state index contributed by atoms with van der Waals surface area (Å²) in [5, 5.41) is 0. The third kappa shape index (κ3) is 4.28. The Labute approximate surface area is 178 Å². The Kier molecular flexibility index (Phi) is 6.35. The zero-order valence-electron chi connectivity index (χ0n) is 16.9. The molecule has 0 radical (unpaired) electrons. The highest BCUT2D eigenvalue weighted by molar-refractivity contribution is 7.89. The molecule has 0 atom stereocenters. The quantitative estimate of drug-likeness (QED) is 0.540. The zero-order valence-corrected chi connectivity index (χ0v) is 18.5. The fraction of sp³-hybridized carbons (Fsp3) is 0.238. The number of benzene rings is 2. The van der Waals surface area contributed by atoms with Crippen LogP contribution in [0.5, 0.6) is 0 Å². The van der Waals surface area contributed by atoms with Crippen LogP contribution >= 0.6 is 11.3 Å². The molecule has 3 aromatic rings. The molecule has 0 aliphatic rings. The number of sulfonamides is 1. The van der Waals surface area contributed by atoms with Crippen LogP contribution in [0.4, 0.5) is 4.39 Å². The molecule has 1 heterocycles. The van der Waals surface area contributed by atoms with Crippen LogP contribution in [0.3, 0.4) is 0 Å². The van der Waals surface area contributed by atoms with Gasteiger partial charge in [-0.1, -0.05) is 17.4 Å². The first-order valence-corrected chi connectivity index (χ1v) is 11.5. The molecule has 0 fully saturated rings. The van der Waals surface area contributed by atoms with Crippen LogP contribution in [-0.4, -0.2) is 36.3 Å². The molecule has 1 amide bonds. The maximum absolute atomic E-state index is 13.6. The van der Waals surface area contributed by atoms with Crippen molar-refractivity contribution in [2.75, 3.05) is 7.05 Å². The van der Waals surface area contributed by atoms with Gasteiger partial charge in [0.2, 0.25) is 10.0 Å². The van der Waals surface area contributed by atoms with E-state index in [1.54, 1.807) is 30.6 Å². The van der Waals surface area contributed by atoms with Gasteiger partial charge in [0, 0.05) is 25.2 Å². The topological polar surface area (TPSA) is 71.7 Å². The third-order valence-electron chi connectivity index (χ3n) is 4.66. The number of nitrogens with zero attached hydrogens (tertiary/aromatic N) is 3. The Morgan fingerprint density at radius 1 is 1.27 bits per heavy atom. The molecular formula is C21H22FN3O3S2. The van der Waals surface area contributed by atoms with Crippen LogP contribution in [0.1, 0.15) is 24.2 Å². The van der Waals surface area contributed by atoms with Gasteiger partial charge in [0.1, 0.15) is 5.82 Å². The normalized spacial score (nSPS) is 12.8. The van der Waals surface area contributed by atoms with Crippen molar-refractivity contribution in [3.8, 4) is 0 Å². The third-order valence-corrected chi connectivity index (χ3v) is 7.75. The summed E-state index contributed by atoms with van der Waals surface area (Å²) in [7, 11) is -2.12. The van der Waals surface area contributed by atoms with Gasteiger partial charge in [-0.25, -0.2) is 12.8 Å². The maximum atomic E-state index is 13.6. The van der Waals surface area contributed by atoms with Crippen molar-refractivity contribution in [3.63, 3.8) is 0 Å². The molecule has 1 aromatic heterocycles. The minimum Gasteiger partial charge on any atom is -0.312 e. The summed E-state index contributed by atoms with van der Waals surface area (Å²) in [5.41, 5.74) is 1.01. The molecule has 0 saturated carbocycles. The van der Waals surface area contributed by atoms with Gasteiger partial charge in [0.05, 0.1) is 15.1 Å². The van der Waals surface area contributed by atoms with Crippen molar-refractivity contribution in [2.45, 2.75) is 31.3 Å². The van der Waals surface area contributed by atoms with Crippen molar-refractivity contribution in [2.24, 2.45) is 4.99 Å². The standard InChI is InChI=1S/C21H22FN3O3S2/c1-5-12-25-18-11-8-16(22)13-19(18)29-21(25)23-20(26)15-6-9-17(10-7-15)30(27,28)24(4)14(2)3/h5-11,13-14H,1,12H2,2-4H3. The predicted molar refractivity (Wildman–Crippen MR) is 116 cm³/mol. The van der Waals surface area contributed by atoms with Crippen molar-refractivity contribution < 1.29 is 17.6 Å². The molecule has 0 N–H and O–H groups in total. The second kappa shape index (κ2) is 8.63. The van der Waals surface area contributed by atoms with E-state index < -0.39 is 15.9 Å². The van der Waals surface area contributed by atoms with Gasteiger partial charge in [-0.2, -0.15) is 9.30 Å². The van der Waals surface area contributed by atoms with Gasteiger partial charge in [0.25, 0.3) is 5.91 Å². The lowest BCUT2D eigenvalue weighted by Crippen LogP contribution is -2.33. The van der Waals surface area contributed by atoms with Gasteiger partial charge in [-0.05, 0) is 56.3 Å². The summed E-state index contributed by atoms with van der Waals surface area (Å²) in [6.45, 7) is 7.70. The van der Waals surface area contributed by atoms with Crippen molar-refractivity contribution in [1.29, 1.82) is 0 Å². The molecule has 6 nitrogen and oxygen atoms in total. The predicted octanol–water partition coefficient (Wildman–Crippen LogP) is 3.80. The Morgan fingerprint density at radius 2 is 1.93 bits per heavy atom. The Morgan fingerprint density at radius 3 is 2.53 bits per heavy atom. The van der Waals surface area contributed by atoms with E-state index in [2.05, 4.69) is 11.6 Å². The van der Waals surface area contributed by atoms with Crippen LogP contribution in [0.2, 0.25) is 0 Å². The highest BCUT2D eigenvalue weighted by atomic mass is 32.2. The molecule has 158 valence electrons. The molecule has 2 aromatic carbocycles. The molecule has 0 unspecified atom stereocenters. The van der Waals surface area contributed by atoms with E-state index >= 15 is 0 Å². The summed E-state index contributed by atoms with van der Waals surface area (Å²) in [4.78, 5) is 17.4. The Balaban J connectivity index is 1.99.